The average Bonchev–Trinajstić information content (AvgIpc) is 3.41. The lowest BCUT2D eigenvalue weighted by Gasteiger charge is -2.26. The van der Waals surface area contributed by atoms with Crippen molar-refractivity contribution >= 4 is 11.9 Å². The van der Waals surface area contributed by atoms with Crippen LogP contribution in [0.2, 0.25) is 0 Å². The van der Waals surface area contributed by atoms with Crippen LogP contribution in [0.25, 0.3) is 11.3 Å². The van der Waals surface area contributed by atoms with Crippen molar-refractivity contribution in [3.8, 4) is 17.0 Å². The second-order valence-corrected chi connectivity index (χ2v) is 9.03. The van der Waals surface area contributed by atoms with Gasteiger partial charge in [0.25, 0.3) is 5.91 Å². The van der Waals surface area contributed by atoms with Gasteiger partial charge in [0.05, 0.1) is 17.9 Å². The van der Waals surface area contributed by atoms with E-state index in [0.717, 1.165) is 56.1 Å². The summed E-state index contributed by atoms with van der Waals surface area (Å²) in [6, 6.07) is 12.0. The fraction of sp³-hybridized carbons (Fsp3) is 0.500. The Bertz CT molecular complexity index is 988. The molecular formula is C26H33F3N4O4. The fourth-order valence-corrected chi connectivity index (χ4v) is 4.13. The molecule has 1 aromatic carbocycles. The van der Waals surface area contributed by atoms with Gasteiger partial charge in [-0.3, -0.25) is 9.78 Å². The molecule has 202 valence electrons. The van der Waals surface area contributed by atoms with Crippen LogP contribution < -0.4 is 15.4 Å². The molecule has 2 aromatic rings. The number of nitrogens with zero attached hydrogens (tertiary/aromatic N) is 2. The van der Waals surface area contributed by atoms with Gasteiger partial charge >= 0.3 is 12.1 Å². The summed E-state index contributed by atoms with van der Waals surface area (Å²) in [7, 11) is 0. The number of piperidine rings is 1. The number of carbonyl (C=O) groups excluding carboxylic acids is 1. The van der Waals surface area contributed by atoms with E-state index in [-0.39, 0.29) is 11.9 Å². The summed E-state index contributed by atoms with van der Waals surface area (Å²) in [5.74, 6) is -1.93. The molecule has 2 fully saturated rings. The molecule has 2 saturated heterocycles. The van der Waals surface area contributed by atoms with Crippen molar-refractivity contribution in [3.05, 3.63) is 48.2 Å². The van der Waals surface area contributed by atoms with Crippen LogP contribution in [0.3, 0.4) is 0 Å². The Balaban J connectivity index is 0.000000479. The predicted molar refractivity (Wildman–Crippen MR) is 133 cm³/mol. The van der Waals surface area contributed by atoms with Gasteiger partial charge in [0.15, 0.2) is 0 Å². The molecule has 1 unspecified atom stereocenters. The average molecular weight is 523 g/mol. The maximum atomic E-state index is 12.3. The zero-order valence-corrected chi connectivity index (χ0v) is 20.6. The van der Waals surface area contributed by atoms with Crippen LogP contribution in [0.15, 0.2) is 42.6 Å². The third-order valence-corrected chi connectivity index (χ3v) is 6.15. The first-order chi connectivity index (χ1) is 17.7. The van der Waals surface area contributed by atoms with Crippen molar-refractivity contribution in [1.29, 1.82) is 0 Å². The number of hydrogen-bond donors (Lipinski definition) is 3. The smallest absolute Gasteiger partial charge is 0.490 e. The lowest BCUT2D eigenvalue weighted by atomic mass is 10.1. The standard InChI is InChI=1S/C24H32N4O2.C2HF3O2/c29-24(27-21-11-12-25-18-21)20-7-10-23(26-17-20)19-5-8-22(9-6-19)30-16-4-15-28-13-2-1-3-14-28;3-2(4,5)1(6)7/h5-10,17,21,25H,1-4,11-16,18H2,(H,27,29);(H,6,7). The molecule has 3 N–H and O–H groups in total. The molecule has 1 amide bonds. The minimum absolute atomic E-state index is 0.0592. The van der Waals surface area contributed by atoms with Gasteiger partial charge in [-0.15, -0.1) is 0 Å². The monoisotopic (exact) mass is 522 g/mol. The molecule has 0 saturated carbocycles. The van der Waals surface area contributed by atoms with Crippen molar-refractivity contribution < 1.29 is 32.6 Å². The van der Waals surface area contributed by atoms with Gasteiger partial charge in [0.1, 0.15) is 5.75 Å². The number of benzene rings is 1. The third-order valence-electron chi connectivity index (χ3n) is 6.15. The van der Waals surface area contributed by atoms with Gasteiger partial charge in [-0.25, -0.2) is 4.79 Å². The van der Waals surface area contributed by atoms with E-state index >= 15 is 0 Å². The zero-order chi connectivity index (χ0) is 26.7. The van der Waals surface area contributed by atoms with Gasteiger partial charge in [0, 0.05) is 30.9 Å². The van der Waals surface area contributed by atoms with E-state index in [1.807, 2.05) is 36.4 Å². The number of rotatable bonds is 8. The van der Waals surface area contributed by atoms with Crippen molar-refractivity contribution in [1.82, 2.24) is 20.5 Å². The van der Waals surface area contributed by atoms with E-state index in [1.165, 1.54) is 32.4 Å². The number of pyridine rings is 1. The number of hydrogen-bond acceptors (Lipinski definition) is 6. The number of halogens is 3. The highest BCUT2D eigenvalue weighted by atomic mass is 19.4. The maximum absolute atomic E-state index is 12.3. The molecule has 37 heavy (non-hydrogen) atoms. The first kappa shape index (κ1) is 28.4. The molecule has 3 heterocycles. The predicted octanol–water partition coefficient (Wildman–Crippen LogP) is 3.73. The van der Waals surface area contributed by atoms with Gasteiger partial charge in [0.2, 0.25) is 0 Å². The Labute approximate surface area is 214 Å². The Kier molecular flexibility index (Phi) is 10.7. The SMILES string of the molecule is O=C(NC1CCNC1)c1ccc(-c2ccc(OCCCN3CCCCC3)cc2)nc1.O=C(O)C(F)(F)F. The van der Waals surface area contributed by atoms with Crippen LogP contribution in [0.5, 0.6) is 5.75 Å². The summed E-state index contributed by atoms with van der Waals surface area (Å²) >= 11 is 0. The van der Waals surface area contributed by atoms with E-state index in [1.54, 1.807) is 6.20 Å². The topological polar surface area (TPSA) is 104 Å². The normalized spacial score (nSPS) is 18.0. The van der Waals surface area contributed by atoms with E-state index in [2.05, 4.69) is 20.5 Å². The number of likely N-dealkylation sites (tertiary alicyclic amines) is 1. The molecule has 1 aromatic heterocycles. The van der Waals surface area contributed by atoms with Crippen LogP contribution in [0.1, 0.15) is 42.5 Å². The molecule has 0 radical (unpaired) electrons. The fourth-order valence-electron chi connectivity index (χ4n) is 4.13. The van der Waals surface area contributed by atoms with E-state index in [9.17, 15) is 18.0 Å². The van der Waals surface area contributed by atoms with Gasteiger partial charge < -0.3 is 25.4 Å². The number of carbonyl (C=O) groups is 2. The highest BCUT2D eigenvalue weighted by Crippen LogP contribution is 2.21. The zero-order valence-electron chi connectivity index (χ0n) is 20.6. The second kappa shape index (κ2) is 13.9. The van der Waals surface area contributed by atoms with Crippen LogP contribution in [-0.4, -0.2) is 78.4 Å². The molecule has 2 aliphatic rings. The molecular weight excluding hydrogens is 489 g/mol. The minimum atomic E-state index is -5.08. The molecule has 11 heteroatoms. The number of ether oxygens (including phenoxy) is 1. The quantitative estimate of drug-likeness (QED) is 0.454. The maximum Gasteiger partial charge on any atom is 0.490 e. The van der Waals surface area contributed by atoms with Gasteiger partial charge in [-0.2, -0.15) is 13.2 Å². The van der Waals surface area contributed by atoms with E-state index in [4.69, 9.17) is 14.6 Å². The van der Waals surface area contributed by atoms with Gasteiger partial charge in [-0.05, 0) is 81.7 Å². The van der Waals surface area contributed by atoms with Crippen molar-refractivity contribution in [2.75, 3.05) is 39.3 Å². The summed E-state index contributed by atoms with van der Waals surface area (Å²) in [4.78, 5) is 28.2. The number of amides is 1. The van der Waals surface area contributed by atoms with Crippen LogP contribution in [0, 0.1) is 0 Å². The number of aliphatic carboxylic acids is 1. The summed E-state index contributed by atoms with van der Waals surface area (Å²) < 4.78 is 37.6. The van der Waals surface area contributed by atoms with Crippen molar-refractivity contribution in [2.45, 2.75) is 44.3 Å². The van der Waals surface area contributed by atoms with Crippen molar-refractivity contribution in [3.63, 3.8) is 0 Å². The van der Waals surface area contributed by atoms with E-state index < -0.39 is 12.1 Å². The lowest BCUT2D eigenvalue weighted by molar-refractivity contribution is -0.192. The first-order valence-corrected chi connectivity index (χ1v) is 12.5. The van der Waals surface area contributed by atoms with Crippen LogP contribution in [0.4, 0.5) is 13.2 Å². The number of carboxylic acid groups (broad SMARTS) is 1. The molecule has 2 aliphatic heterocycles. The highest BCUT2D eigenvalue weighted by molar-refractivity contribution is 5.94. The summed E-state index contributed by atoms with van der Waals surface area (Å²) in [5.41, 5.74) is 2.47. The Hall–Kier alpha value is -3.18. The molecule has 0 aliphatic carbocycles. The Morgan fingerprint density at radius 1 is 1.11 bits per heavy atom. The number of carboxylic acids is 1. The van der Waals surface area contributed by atoms with Crippen molar-refractivity contribution in [2.24, 2.45) is 0 Å². The molecule has 1 atom stereocenters. The largest absolute Gasteiger partial charge is 0.494 e. The summed E-state index contributed by atoms with van der Waals surface area (Å²) in [5, 5.41) is 13.4. The van der Waals surface area contributed by atoms with Gasteiger partial charge in [-0.1, -0.05) is 6.42 Å². The number of alkyl halides is 3. The van der Waals surface area contributed by atoms with Crippen LogP contribution in [-0.2, 0) is 4.79 Å². The minimum Gasteiger partial charge on any atom is -0.494 e. The number of nitrogens with one attached hydrogen (secondary N) is 2. The molecule has 8 nitrogen and oxygen atoms in total. The molecule has 0 bridgehead atoms. The lowest BCUT2D eigenvalue weighted by Crippen LogP contribution is -2.36. The first-order valence-electron chi connectivity index (χ1n) is 12.5. The van der Waals surface area contributed by atoms with Crippen LogP contribution >= 0.6 is 0 Å². The highest BCUT2D eigenvalue weighted by Gasteiger charge is 2.38. The molecule has 0 spiro atoms. The molecule has 4 rings (SSSR count). The Morgan fingerprint density at radius 3 is 2.38 bits per heavy atom. The third kappa shape index (κ3) is 9.66. The summed E-state index contributed by atoms with van der Waals surface area (Å²) in [6.07, 6.45) is 2.65. The van der Waals surface area contributed by atoms with E-state index in [0.29, 0.717) is 5.56 Å². The summed E-state index contributed by atoms with van der Waals surface area (Å²) in [6.45, 7) is 6.14. The second-order valence-electron chi connectivity index (χ2n) is 9.03. The Morgan fingerprint density at radius 2 is 1.81 bits per heavy atom. The number of aromatic nitrogens is 1.